The second-order valence-electron chi connectivity index (χ2n) is 8.35. The third-order valence-electron chi connectivity index (χ3n) is 5.42. The van der Waals surface area contributed by atoms with Gasteiger partial charge in [0, 0.05) is 19.0 Å². The number of rotatable bonds is 9. The van der Waals surface area contributed by atoms with Crippen molar-refractivity contribution in [2.45, 2.75) is 53.0 Å². The molecule has 0 saturated carbocycles. The highest BCUT2D eigenvalue weighted by molar-refractivity contribution is 5.96. The Bertz CT molecular complexity index is 867. The van der Waals surface area contributed by atoms with Crippen LogP contribution in [0.1, 0.15) is 46.5 Å². The maximum Gasteiger partial charge on any atom is 0.330 e. The number of aromatic nitrogens is 2. The van der Waals surface area contributed by atoms with E-state index in [2.05, 4.69) is 4.98 Å². The zero-order valence-corrected chi connectivity index (χ0v) is 18.1. The van der Waals surface area contributed by atoms with Crippen LogP contribution in [-0.2, 0) is 16.1 Å². The molecule has 1 fully saturated rings. The molecule has 1 saturated heterocycles. The highest BCUT2D eigenvalue weighted by atomic mass is 16.2. The summed E-state index contributed by atoms with van der Waals surface area (Å²) in [6.45, 7) is 7.81. The van der Waals surface area contributed by atoms with Gasteiger partial charge >= 0.3 is 5.69 Å². The van der Waals surface area contributed by atoms with Crippen molar-refractivity contribution in [2.24, 2.45) is 17.6 Å². The van der Waals surface area contributed by atoms with Crippen molar-refractivity contribution < 1.29 is 9.59 Å². The maximum atomic E-state index is 13.2. The van der Waals surface area contributed by atoms with Crippen molar-refractivity contribution in [1.29, 1.82) is 0 Å². The van der Waals surface area contributed by atoms with Gasteiger partial charge in [-0.2, -0.15) is 0 Å². The summed E-state index contributed by atoms with van der Waals surface area (Å²) < 4.78 is 1.31. The highest BCUT2D eigenvalue weighted by Gasteiger charge is 2.28. The van der Waals surface area contributed by atoms with Crippen molar-refractivity contribution in [3.05, 3.63) is 20.8 Å². The Kier molecular flexibility index (Phi) is 8.22. The van der Waals surface area contributed by atoms with Crippen LogP contribution >= 0.6 is 0 Å². The van der Waals surface area contributed by atoms with Gasteiger partial charge in [-0.3, -0.25) is 28.8 Å². The van der Waals surface area contributed by atoms with Crippen molar-refractivity contribution in [3.8, 4) is 0 Å². The number of amides is 2. The molecule has 0 atom stereocenters. The van der Waals surface area contributed by atoms with Crippen LogP contribution in [0.2, 0.25) is 0 Å². The number of aromatic amines is 1. The van der Waals surface area contributed by atoms with Gasteiger partial charge in [-0.1, -0.05) is 27.2 Å². The van der Waals surface area contributed by atoms with Crippen LogP contribution in [-0.4, -0.2) is 52.4 Å². The zero-order valence-electron chi connectivity index (χ0n) is 18.1. The third kappa shape index (κ3) is 5.71. The van der Waals surface area contributed by atoms with E-state index >= 15 is 0 Å². The molecule has 0 spiro atoms. The Morgan fingerprint density at radius 1 is 1.23 bits per heavy atom. The van der Waals surface area contributed by atoms with E-state index in [1.165, 1.54) is 9.47 Å². The first-order valence-corrected chi connectivity index (χ1v) is 10.6. The molecule has 2 heterocycles. The molecule has 0 aliphatic carbocycles. The summed E-state index contributed by atoms with van der Waals surface area (Å²) in [5.74, 6) is -0.583. The number of nitrogens with one attached hydrogen (secondary N) is 1. The molecule has 1 aliphatic heterocycles. The smallest absolute Gasteiger partial charge is 0.330 e. The number of nitrogens with zero attached hydrogens (tertiary/aromatic N) is 3. The number of likely N-dealkylation sites (tertiary alicyclic amines) is 1. The third-order valence-corrected chi connectivity index (χ3v) is 5.42. The Labute approximate surface area is 176 Å². The lowest BCUT2D eigenvalue weighted by Crippen LogP contribution is -2.48. The van der Waals surface area contributed by atoms with Crippen molar-refractivity contribution in [1.82, 2.24) is 14.5 Å². The normalized spacial score (nSPS) is 15.5. The molecule has 30 heavy (non-hydrogen) atoms. The summed E-state index contributed by atoms with van der Waals surface area (Å²) in [5.41, 5.74) is 10.4. The highest BCUT2D eigenvalue weighted by Crippen LogP contribution is 2.21. The molecule has 1 aromatic heterocycles. The number of unbranched alkanes of at least 4 members (excludes halogenated alkanes) is 1. The summed E-state index contributed by atoms with van der Waals surface area (Å²) in [6.07, 6.45) is 2.74. The SMILES string of the molecule is CCCCN(C(=O)CN1CCC(C(N)=O)CC1)c1c(N)n(CC(C)C)c(=O)[nH]c1=O. The number of anilines is 2. The quantitative estimate of drug-likeness (QED) is 0.514. The number of nitrogens with two attached hydrogens (primary N) is 2. The van der Waals surface area contributed by atoms with Crippen LogP contribution in [0.25, 0.3) is 0 Å². The topological polar surface area (TPSA) is 148 Å². The largest absolute Gasteiger partial charge is 0.383 e. The lowest BCUT2D eigenvalue weighted by atomic mass is 9.96. The van der Waals surface area contributed by atoms with E-state index in [1.807, 2.05) is 25.7 Å². The molecule has 1 aliphatic rings. The van der Waals surface area contributed by atoms with E-state index in [-0.39, 0.29) is 41.7 Å². The average Bonchev–Trinajstić information content (AvgIpc) is 2.67. The van der Waals surface area contributed by atoms with Crippen LogP contribution in [0.4, 0.5) is 11.5 Å². The van der Waals surface area contributed by atoms with E-state index in [0.29, 0.717) is 45.4 Å². The van der Waals surface area contributed by atoms with Gasteiger partial charge in [0.1, 0.15) is 5.82 Å². The van der Waals surface area contributed by atoms with E-state index in [4.69, 9.17) is 11.5 Å². The van der Waals surface area contributed by atoms with Crippen LogP contribution < -0.4 is 27.6 Å². The molecule has 0 aromatic carbocycles. The minimum absolute atomic E-state index is 0.00865. The van der Waals surface area contributed by atoms with Gasteiger partial charge in [-0.15, -0.1) is 0 Å². The van der Waals surface area contributed by atoms with Crippen molar-refractivity contribution in [3.63, 3.8) is 0 Å². The fourth-order valence-corrected chi connectivity index (χ4v) is 3.71. The molecule has 168 valence electrons. The molecule has 0 bridgehead atoms. The molecule has 0 unspecified atom stereocenters. The molecule has 10 nitrogen and oxygen atoms in total. The van der Waals surface area contributed by atoms with E-state index in [0.717, 1.165) is 6.42 Å². The molecule has 0 radical (unpaired) electrons. The first-order valence-electron chi connectivity index (χ1n) is 10.6. The Morgan fingerprint density at radius 2 is 1.87 bits per heavy atom. The summed E-state index contributed by atoms with van der Waals surface area (Å²) in [7, 11) is 0. The molecule has 5 N–H and O–H groups in total. The van der Waals surface area contributed by atoms with E-state index in [1.54, 1.807) is 0 Å². The molecule has 10 heteroatoms. The standard InChI is InChI=1S/C20H34N6O4/c1-4-5-8-25(15(27)12-24-9-6-14(7-10-24)18(22)28)16-17(21)26(11-13(2)3)20(30)23-19(16)29/h13-14H,4-12,21H2,1-3H3,(H2,22,28)(H,23,29,30). The predicted molar refractivity (Wildman–Crippen MR) is 116 cm³/mol. The van der Waals surface area contributed by atoms with Gasteiger partial charge in [0.2, 0.25) is 11.8 Å². The molecular weight excluding hydrogens is 388 g/mol. The number of carbonyl (C=O) groups is 2. The summed E-state index contributed by atoms with van der Waals surface area (Å²) in [6, 6.07) is 0. The zero-order chi connectivity index (χ0) is 22.4. The number of piperidine rings is 1. The lowest BCUT2D eigenvalue weighted by molar-refractivity contribution is -0.123. The molecule has 2 rings (SSSR count). The average molecular weight is 423 g/mol. The summed E-state index contributed by atoms with van der Waals surface area (Å²) in [4.78, 5) is 55.0. The van der Waals surface area contributed by atoms with Gasteiger partial charge in [0.25, 0.3) is 5.56 Å². The number of nitrogen functional groups attached to an aromatic ring is 1. The second kappa shape index (κ2) is 10.4. The summed E-state index contributed by atoms with van der Waals surface area (Å²) in [5, 5.41) is 0. The van der Waals surface area contributed by atoms with Gasteiger partial charge < -0.3 is 16.4 Å². The fraction of sp³-hybridized carbons (Fsp3) is 0.700. The first-order chi connectivity index (χ1) is 14.1. The Hall–Kier alpha value is -2.62. The molecule has 1 aromatic rings. The maximum absolute atomic E-state index is 13.2. The number of primary amides is 1. The first kappa shape index (κ1) is 23.7. The number of hydrogen-bond donors (Lipinski definition) is 3. The number of carbonyl (C=O) groups excluding carboxylic acids is 2. The van der Waals surface area contributed by atoms with Gasteiger partial charge in [-0.05, 0) is 38.3 Å². The van der Waals surface area contributed by atoms with Crippen molar-refractivity contribution in [2.75, 3.05) is 36.8 Å². The fourth-order valence-electron chi connectivity index (χ4n) is 3.71. The van der Waals surface area contributed by atoms with Gasteiger partial charge in [-0.25, -0.2) is 4.79 Å². The minimum Gasteiger partial charge on any atom is -0.383 e. The van der Waals surface area contributed by atoms with Gasteiger partial charge in [0.05, 0.1) is 6.54 Å². The van der Waals surface area contributed by atoms with Crippen LogP contribution in [0.15, 0.2) is 9.59 Å². The second-order valence-corrected chi connectivity index (χ2v) is 8.35. The Balaban J connectivity index is 2.29. The van der Waals surface area contributed by atoms with Crippen molar-refractivity contribution >= 4 is 23.3 Å². The van der Waals surface area contributed by atoms with E-state index in [9.17, 15) is 19.2 Å². The molecular formula is C20H34N6O4. The van der Waals surface area contributed by atoms with Crippen LogP contribution in [0, 0.1) is 11.8 Å². The summed E-state index contributed by atoms with van der Waals surface area (Å²) >= 11 is 0. The molecule has 2 amide bonds. The Morgan fingerprint density at radius 3 is 2.40 bits per heavy atom. The van der Waals surface area contributed by atoms with Gasteiger partial charge in [0.15, 0.2) is 5.69 Å². The minimum atomic E-state index is -0.658. The lowest BCUT2D eigenvalue weighted by Gasteiger charge is -2.32. The monoisotopic (exact) mass is 422 g/mol. The number of hydrogen-bond acceptors (Lipinski definition) is 6. The van der Waals surface area contributed by atoms with E-state index < -0.39 is 11.2 Å². The predicted octanol–water partition coefficient (Wildman–Crippen LogP) is 0.105. The number of H-pyrrole nitrogens is 1. The van der Waals surface area contributed by atoms with Crippen LogP contribution in [0.5, 0.6) is 0 Å². The van der Waals surface area contributed by atoms with Crippen LogP contribution in [0.3, 0.4) is 0 Å².